The number of ketones is 1. The van der Waals surface area contributed by atoms with E-state index in [1.807, 2.05) is 0 Å². The van der Waals surface area contributed by atoms with Gasteiger partial charge in [0.15, 0.2) is 24.0 Å². The summed E-state index contributed by atoms with van der Waals surface area (Å²) in [6.07, 6.45) is 3.09. The quantitative estimate of drug-likeness (QED) is 0.142. The van der Waals surface area contributed by atoms with Crippen molar-refractivity contribution in [3.05, 3.63) is 96.4 Å². The summed E-state index contributed by atoms with van der Waals surface area (Å²) in [5.41, 5.74) is -0.206. The number of hydrogen-bond acceptors (Lipinski definition) is 7. The van der Waals surface area contributed by atoms with Crippen molar-refractivity contribution in [2.45, 2.75) is 6.92 Å². The molecular weight excluding hydrogens is 505 g/mol. The zero-order valence-corrected chi connectivity index (χ0v) is 20.1. The van der Waals surface area contributed by atoms with Gasteiger partial charge < -0.3 is 18.9 Å². The molecule has 0 aromatic heterocycles. The number of esters is 2. The third kappa shape index (κ3) is 6.67. The standard InChI is InChI=1S/C28H21F3O7/c1-4-19(32)14-35-22-13-17-6-7-18(25(29)24(17)27(31)26(22)30)12-16(3)28(34)38-21-10-8-20(9-11-21)36-15-37-23(33)5-2/h4-13H,1-2,14-15H2,3H3/b16-12+. The Bertz CT molecular complexity index is 1440. The molecule has 38 heavy (non-hydrogen) atoms. The van der Waals surface area contributed by atoms with Crippen LogP contribution in [0.5, 0.6) is 17.2 Å². The van der Waals surface area contributed by atoms with Crippen molar-refractivity contribution in [1.82, 2.24) is 0 Å². The van der Waals surface area contributed by atoms with Crippen molar-refractivity contribution >= 4 is 34.6 Å². The third-order valence-corrected chi connectivity index (χ3v) is 5.04. The van der Waals surface area contributed by atoms with Crippen molar-refractivity contribution < 1.29 is 46.5 Å². The molecular formula is C28H21F3O7. The highest BCUT2D eigenvalue weighted by molar-refractivity contribution is 5.96. The molecule has 0 spiro atoms. The van der Waals surface area contributed by atoms with Crippen molar-refractivity contribution in [1.29, 1.82) is 0 Å². The number of carbonyl (C=O) groups excluding carboxylic acids is 3. The second-order valence-corrected chi connectivity index (χ2v) is 7.65. The van der Waals surface area contributed by atoms with Gasteiger partial charge in [-0.15, -0.1) is 0 Å². The Hall–Kier alpha value is -4.86. The lowest BCUT2D eigenvalue weighted by atomic mass is 10.0. The van der Waals surface area contributed by atoms with Crippen LogP contribution in [0.4, 0.5) is 13.2 Å². The van der Waals surface area contributed by atoms with Crippen LogP contribution in [0.3, 0.4) is 0 Å². The molecule has 3 aromatic rings. The first-order valence-corrected chi connectivity index (χ1v) is 11.0. The van der Waals surface area contributed by atoms with Crippen LogP contribution in [0.1, 0.15) is 12.5 Å². The van der Waals surface area contributed by atoms with E-state index in [-0.39, 0.29) is 29.1 Å². The summed E-state index contributed by atoms with van der Waals surface area (Å²) >= 11 is 0. The molecule has 7 nitrogen and oxygen atoms in total. The van der Waals surface area contributed by atoms with Crippen LogP contribution in [0.15, 0.2) is 73.3 Å². The van der Waals surface area contributed by atoms with Gasteiger partial charge in [-0.2, -0.15) is 4.39 Å². The summed E-state index contributed by atoms with van der Waals surface area (Å²) in [7, 11) is 0. The van der Waals surface area contributed by atoms with Crippen LogP contribution in [0, 0.1) is 17.5 Å². The number of benzene rings is 3. The summed E-state index contributed by atoms with van der Waals surface area (Å²) < 4.78 is 64.4. The van der Waals surface area contributed by atoms with Crippen LogP contribution in [0.25, 0.3) is 16.8 Å². The van der Waals surface area contributed by atoms with Gasteiger partial charge in [-0.3, -0.25) is 4.79 Å². The number of fused-ring (bicyclic) bond motifs is 1. The van der Waals surface area contributed by atoms with E-state index < -0.39 is 52.9 Å². The van der Waals surface area contributed by atoms with E-state index in [2.05, 4.69) is 17.9 Å². The molecule has 0 aliphatic carbocycles. The van der Waals surface area contributed by atoms with E-state index in [0.29, 0.717) is 5.75 Å². The van der Waals surface area contributed by atoms with Gasteiger partial charge in [-0.05, 0) is 54.8 Å². The molecule has 0 fully saturated rings. The molecule has 0 unspecified atom stereocenters. The largest absolute Gasteiger partial charge is 0.482 e. The van der Waals surface area contributed by atoms with Crippen LogP contribution < -0.4 is 14.2 Å². The molecule has 0 amide bonds. The van der Waals surface area contributed by atoms with E-state index in [0.717, 1.165) is 24.3 Å². The van der Waals surface area contributed by atoms with Gasteiger partial charge in [0, 0.05) is 17.2 Å². The number of halogens is 3. The highest BCUT2D eigenvalue weighted by Crippen LogP contribution is 2.32. The summed E-state index contributed by atoms with van der Waals surface area (Å²) in [6.45, 7) is 6.98. The molecule has 0 saturated carbocycles. The Morgan fingerprint density at radius 2 is 1.55 bits per heavy atom. The number of rotatable bonds is 11. The molecule has 0 atom stereocenters. The molecule has 3 rings (SSSR count). The van der Waals surface area contributed by atoms with Crippen LogP contribution >= 0.6 is 0 Å². The van der Waals surface area contributed by atoms with E-state index >= 15 is 4.39 Å². The van der Waals surface area contributed by atoms with E-state index in [1.54, 1.807) is 0 Å². The minimum Gasteiger partial charge on any atom is -0.482 e. The van der Waals surface area contributed by atoms with Gasteiger partial charge in [0.2, 0.25) is 12.6 Å². The Balaban J connectivity index is 1.75. The molecule has 0 aliphatic rings. The molecule has 0 saturated heterocycles. The van der Waals surface area contributed by atoms with Crippen LogP contribution in [-0.2, 0) is 19.1 Å². The Morgan fingerprint density at radius 3 is 2.21 bits per heavy atom. The van der Waals surface area contributed by atoms with Gasteiger partial charge in [0.25, 0.3) is 0 Å². The number of ether oxygens (including phenoxy) is 4. The third-order valence-electron chi connectivity index (χ3n) is 5.04. The van der Waals surface area contributed by atoms with Crippen molar-refractivity contribution in [2.75, 3.05) is 13.4 Å². The zero-order chi connectivity index (χ0) is 27.8. The minimum absolute atomic E-state index is 0.0126. The Kier molecular flexibility index (Phi) is 9.04. The molecule has 0 heterocycles. The fourth-order valence-corrected chi connectivity index (χ4v) is 3.10. The second kappa shape index (κ2) is 12.4. The van der Waals surface area contributed by atoms with E-state index in [1.165, 1.54) is 43.3 Å². The topological polar surface area (TPSA) is 88.1 Å². The maximum absolute atomic E-state index is 15.1. The van der Waals surface area contributed by atoms with Crippen LogP contribution in [0.2, 0.25) is 0 Å². The van der Waals surface area contributed by atoms with Gasteiger partial charge in [-0.1, -0.05) is 25.3 Å². The summed E-state index contributed by atoms with van der Waals surface area (Å²) in [5, 5.41) is -0.657. The molecule has 10 heteroatoms. The van der Waals surface area contributed by atoms with Gasteiger partial charge >= 0.3 is 11.9 Å². The molecule has 0 N–H and O–H groups in total. The van der Waals surface area contributed by atoms with Gasteiger partial charge in [-0.25, -0.2) is 18.4 Å². The molecule has 0 bridgehead atoms. The van der Waals surface area contributed by atoms with E-state index in [9.17, 15) is 23.2 Å². The van der Waals surface area contributed by atoms with Crippen molar-refractivity contribution in [3.8, 4) is 17.2 Å². The number of hydrogen-bond donors (Lipinski definition) is 0. The van der Waals surface area contributed by atoms with Gasteiger partial charge in [0.05, 0.1) is 5.39 Å². The average Bonchev–Trinajstić information content (AvgIpc) is 2.91. The first kappa shape index (κ1) is 27.7. The second-order valence-electron chi connectivity index (χ2n) is 7.65. The molecule has 3 aromatic carbocycles. The predicted molar refractivity (Wildman–Crippen MR) is 132 cm³/mol. The highest BCUT2D eigenvalue weighted by Gasteiger charge is 2.20. The van der Waals surface area contributed by atoms with Crippen molar-refractivity contribution in [3.63, 3.8) is 0 Å². The predicted octanol–water partition coefficient (Wildman–Crippen LogP) is 5.47. The smallest absolute Gasteiger partial charge is 0.339 e. The normalized spacial score (nSPS) is 11.0. The fourth-order valence-electron chi connectivity index (χ4n) is 3.10. The van der Waals surface area contributed by atoms with Crippen molar-refractivity contribution in [2.24, 2.45) is 0 Å². The minimum atomic E-state index is -1.50. The van der Waals surface area contributed by atoms with E-state index in [4.69, 9.17) is 14.2 Å². The molecule has 196 valence electrons. The lowest BCUT2D eigenvalue weighted by Gasteiger charge is -2.11. The SMILES string of the molecule is C=CC(=O)COc1cc2ccc(/C=C(\C)C(=O)Oc3ccc(OCOC(=O)C=C)cc3)c(F)c2c(F)c1F. The zero-order valence-electron chi connectivity index (χ0n) is 20.1. The summed E-state index contributed by atoms with van der Waals surface area (Å²) in [4.78, 5) is 34.8. The maximum atomic E-state index is 15.1. The summed E-state index contributed by atoms with van der Waals surface area (Å²) in [6, 6.07) is 9.44. The Morgan fingerprint density at radius 1 is 0.868 bits per heavy atom. The molecule has 0 radical (unpaired) electrons. The Labute approximate surface area is 215 Å². The highest BCUT2D eigenvalue weighted by atomic mass is 19.2. The molecule has 0 aliphatic heterocycles. The first-order chi connectivity index (χ1) is 18.1. The van der Waals surface area contributed by atoms with Gasteiger partial charge in [0.1, 0.15) is 17.3 Å². The lowest BCUT2D eigenvalue weighted by Crippen LogP contribution is -2.10. The average molecular weight is 526 g/mol. The monoisotopic (exact) mass is 526 g/mol. The first-order valence-electron chi connectivity index (χ1n) is 11.0. The summed E-state index contributed by atoms with van der Waals surface area (Å²) in [5.74, 6) is -6.15. The van der Waals surface area contributed by atoms with Crippen LogP contribution in [-0.4, -0.2) is 31.1 Å². The fraction of sp³-hybridized carbons (Fsp3) is 0.107. The maximum Gasteiger partial charge on any atom is 0.339 e. The number of carbonyl (C=O) groups is 3. The lowest BCUT2D eigenvalue weighted by molar-refractivity contribution is -0.144.